The number of nitriles is 1. The first-order valence-corrected chi connectivity index (χ1v) is 5.61. The van der Waals surface area contributed by atoms with Crippen molar-refractivity contribution in [2.75, 3.05) is 0 Å². The average molecular weight is 244 g/mol. The topological polar surface area (TPSA) is 49.6 Å². The molecule has 0 N–H and O–H groups in total. The van der Waals surface area contributed by atoms with Crippen molar-refractivity contribution in [1.29, 1.82) is 5.26 Å². The fourth-order valence-corrected chi connectivity index (χ4v) is 1.64. The molecule has 0 aliphatic rings. The molecule has 4 heteroatoms. The molecule has 1 heterocycles. The Morgan fingerprint density at radius 2 is 1.88 bits per heavy atom. The second kappa shape index (κ2) is 5.42. The first kappa shape index (κ1) is 11.6. The van der Waals surface area contributed by atoms with E-state index in [1.54, 1.807) is 6.07 Å². The van der Waals surface area contributed by atoms with Crippen molar-refractivity contribution in [2.24, 2.45) is 0 Å². The van der Waals surface area contributed by atoms with E-state index in [1.807, 2.05) is 30.3 Å². The predicted molar refractivity (Wildman–Crippen MR) is 65.6 cm³/mol. The van der Waals surface area contributed by atoms with Gasteiger partial charge in [-0.05, 0) is 36.6 Å². The zero-order chi connectivity index (χ0) is 12.1. The number of hydrogen-bond donors (Lipinski definition) is 0. The molecule has 0 aliphatic heterocycles. The van der Waals surface area contributed by atoms with Crippen LogP contribution in [0.4, 0.5) is 0 Å². The van der Waals surface area contributed by atoms with Gasteiger partial charge in [-0.3, -0.25) is 0 Å². The Morgan fingerprint density at radius 1 is 1.12 bits per heavy atom. The maximum Gasteiger partial charge on any atom is 0.144 e. The molecule has 0 saturated carbocycles. The van der Waals surface area contributed by atoms with Gasteiger partial charge in [0, 0.05) is 10.7 Å². The lowest BCUT2D eigenvalue weighted by Crippen LogP contribution is -1.96. The van der Waals surface area contributed by atoms with Crippen LogP contribution in [-0.4, -0.2) is 9.97 Å². The van der Waals surface area contributed by atoms with Crippen molar-refractivity contribution >= 4 is 11.6 Å². The molecule has 0 spiro atoms. The van der Waals surface area contributed by atoms with Crippen molar-refractivity contribution in [3.8, 4) is 6.07 Å². The van der Waals surface area contributed by atoms with Gasteiger partial charge in [-0.2, -0.15) is 5.26 Å². The number of halogens is 1. The summed E-state index contributed by atoms with van der Waals surface area (Å²) in [5.74, 6) is 0. The highest BCUT2D eigenvalue weighted by Crippen LogP contribution is 2.11. The van der Waals surface area contributed by atoms with Crippen LogP contribution in [-0.2, 0) is 12.8 Å². The Balaban J connectivity index is 2.02. The van der Waals surface area contributed by atoms with E-state index in [2.05, 4.69) is 9.97 Å². The molecule has 2 aromatic rings. The van der Waals surface area contributed by atoms with Crippen molar-refractivity contribution in [1.82, 2.24) is 9.97 Å². The highest BCUT2D eigenvalue weighted by Gasteiger charge is 1.99. The lowest BCUT2D eigenvalue weighted by molar-refractivity contribution is 0.897. The Morgan fingerprint density at radius 3 is 2.59 bits per heavy atom. The summed E-state index contributed by atoms with van der Waals surface area (Å²) in [7, 11) is 0. The summed E-state index contributed by atoms with van der Waals surface area (Å²) in [5.41, 5.74) is 2.49. The molecular formula is C13H10ClN3. The normalized spacial score (nSPS) is 9.88. The maximum absolute atomic E-state index is 8.72. The minimum Gasteiger partial charge on any atom is -0.241 e. The molecule has 0 atom stereocenters. The third-order valence-electron chi connectivity index (χ3n) is 2.42. The Hall–Kier alpha value is -1.92. The van der Waals surface area contributed by atoms with Crippen LogP contribution < -0.4 is 0 Å². The number of aromatic nitrogens is 2. The van der Waals surface area contributed by atoms with Crippen molar-refractivity contribution in [3.63, 3.8) is 0 Å². The van der Waals surface area contributed by atoms with Gasteiger partial charge in [0.05, 0.1) is 0 Å². The van der Waals surface area contributed by atoms with Gasteiger partial charge in [0.15, 0.2) is 0 Å². The number of benzene rings is 1. The predicted octanol–water partition coefficient (Wildman–Crippen LogP) is 2.79. The Labute approximate surface area is 105 Å². The van der Waals surface area contributed by atoms with Gasteiger partial charge < -0.3 is 0 Å². The molecule has 1 aromatic heterocycles. The summed E-state index contributed by atoms with van der Waals surface area (Å²) in [5, 5.41) is 9.46. The molecule has 0 amide bonds. The fraction of sp³-hybridized carbons (Fsp3) is 0.154. The van der Waals surface area contributed by atoms with Gasteiger partial charge in [-0.15, -0.1) is 0 Å². The quantitative estimate of drug-likeness (QED) is 0.833. The SMILES string of the molecule is N#Cc1cc(CCc2ccc(Cl)cc2)ncn1. The highest BCUT2D eigenvalue weighted by molar-refractivity contribution is 6.30. The van der Waals surface area contributed by atoms with E-state index in [0.29, 0.717) is 5.69 Å². The first-order valence-electron chi connectivity index (χ1n) is 5.23. The van der Waals surface area contributed by atoms with Gasteiger partial charge in [0.1, 0.15) is 18.1 Å². The summed E-state index contributed by atoms with van der Waals surface area (Å²) in [6.07, 6.45) is 3.09. The van der Waals surface area contributed by atoms with E-state index < -0.39 is 0 Å². The molecule has 1 aromatic carbocycles. The van der Waals surface area contributed by atoms with Crippen LogP contribution in [0.5, 0.6) is 0 Å². The molecule has 0 saturated heterocycles. The standard InChI is InChI=1S/C13H10ClN3/c14-11-4-1-10(2-5-11)3-6-12-7-13(8-15)17-9-16-12/h1-2,4-5,7,9H,3,6H2. The van der Waals surface area contributed by atoms with E-state index in [-0.39, 0.29) is 0 Å². The average Bonchev–Trinajstić information content (AvgIpc) is 2.38. The molecule has 3 nitrogen and oxygen atoms in total. The summed E-state index contributed by atoms with van der Waals surface area (Å²) in [4.78, 5) is 7.97. The van der Waals surface area contributed by atoms with Gasteiger partial charge in [0.25, 0.3) is 0 Å². The second-order valence-corrected chi connectivity index (χ2v) is 4.07. The molecule has 0 bridgehead atoms. The van der Waals surface area contributed by atoms with Gasteiger partial charge in [-0.1, -0.05) is 23.7 Å². The second-order valence-electron chi connectivity index (χ2n) is 3.63. The minimum absolute atomic E-state index is 0.408. The van der Waals surface area contributed by atoms with E-state index in [4.69, 9.17) is 16.9 Å². The molecule has 0 radical (unpaired) electrons. The van der Waals surface area contributed by atoms with Crippen LogP contribution in [0.25, 0.3) is 0 Å². The molecular weight excluding hydrogens is 234 g/mol. The molecule has 0 aliphatic carbocycles. The van der Waals surface area contributed by atoms with Gasteiger partial charge >= 0.3 is 0 Å². The van der Waals surface area contributed by atoms with Crippen LogP contribution in [0, 0.1) is 11.3 Å². The summed E-state index contributed by atoms with van der Waals surface area (Å²) < 4.78 is 0. The molecule has 0 unspecified atom stereocenters. The van der Waals surface area contributed by atoms with Crippen LogP contribution in [0.1, 0.15) is 17.0 Å². The van der Waals surface area contributed by atoms with E-state index in [0.717, 1.165) is 23.6 Å². The van der Waals surface area contributed by atoms with Crippen molar-refractivity contribution < 1.29 is 0 Å². The zero-order valence-corrected chi connectivity index (χ0v) is 9.85. The van der Waals surface area contributed by atoms with Crippen molar-refractivity contribution in [2.45, 2.75) is 12.8 Å². The third kappa shape index (κ3) is 3.27. The van der Waals surface area contributed by atoms with Gasteiger partial charge in [-0.25, -0.2) is 9.97 Å². The van der Waals surface area contributed by atoms with E-state index >= 15 is 0 Å². The number of hydrogen-bond acceptors (Lipinski definition) is 3. The number of rotatable bonds is 3. The summed E-state index contributed by atoms with van der Waals surface area (Å²) in [6.45, 7) is 0. The van der Waals surface area contributed by atoms with Crippen LogP contribution >= 0.6 is 11.6 Å². The van der Waals surface area contributed by atoms with Crippen LogP contribution in [0.15, 0.2) is 36.7 Å². The molecule has 84 valence electrons. The monoisotopic (exact) mass is 243 g/mol. The number of nitrogens with zero attached hydrogens (tertiary/aromatic N) is 3. The fourth-order valence-electron chi connectivity index (χ4n) is 1.52. The summed E-state index contributed by atoms with van der Waals surface area (Å²) in [6, 6.07) is 11.5. The summed E-state index contributed by atoms with van der Waals surface area (Å²) >= 11 is 5.81. The number of aryl methyl sites for hydroxylation is 2. The largest absolute Gasteiger partial charge is 0.241 e. The third-order valence-corrected chi connectivity index (χ3v) is 2.67. The highest BCUT2D eigenvalue weighted by atomic mass is 35.5. The Bertz CT molecular complexity index is 543. The van der Waals surface area contributed by atoms with Crippen LogP contribution in [0.2, 0.25) is 5.02 Å². The lowest BCUT2D eigenvalue weighted by Gasteiger charge is -2.01. The Kier molecular flexibility index (Phi) is 3.69. The smallest absolute Gasteiger partial charge is 0.144 e. The molecule has 2 rings (SSSR count). The maximum atomic E-state index is 8.72. The van der Waals surface area contributed by atoms with Gasteiger partial charge in [0.2, 0.25) is 0 Å². The van der Waals surface area contributed by atoms with E-state index in [9.17, 15) is 0 Å². The van der Waals surface area contributed by atoms with Crippen LogP contribution in [0.3, 0.4) is 0 Å². The minimum atomic E-state index is 0.408. The first-order chi connectivity index (χ1) is 8.28. The molecule has 0 fully saturated rings. The lowest BCUT2D eigenvalue weighted by atomic mass is 10.1. The zero-order valence-electron chi connectivity index (χ0n) is 9.10. The van der Waals surface area contributed by atoms with E-state index in [1.165, 1.54) is 11.9 Å². The van der Waals surface area contributed by atoms with Crippen molar-refractivity contribution in [3.05, 3.63) is 58.6 Å². The molecule has 17 heavy (non-hydrogen) atoms.